The average molecular weight is 357 g/mol. The van der Waals surface area contributed by atoms with Crippen LogP contribution < -0.4 is 0 Å². The van der Waals surface area contributed by atoms with E-state index >= 15 is 0 Å². The van der Waals surface area contributed by atoms with Crippen molar-refractivity contribution in [2.45, 2.75) is 92.4 Å². The Bertz CT molecular complexity index is 212. The first-order valence-electron chi connectivity index (χ1n) is 8.24. The molecule has 0 saturated carbocycles. The summed E-state index contributed by atoms with van der Waals surface area (Å²) < 4.78 is 8.49. The van der Waals surface area contributed by atoms with Gasteiger partial charge >= 0.3 is 121 Å². The van der Waals surface area contributed by atoms with E-state index in [-0.39, 0.29) is 0 Å². The van der Waals surface area contributed by atoms with Gasteiger partial charge in [0.25, 0.3) is 0 Å². The minimum absolute atomic E-state index is 1.13. The van der Waals surface area contributed by atoms with Crippen molar-refractivity contribution >= 4 is 18.4 Å². The third kappa shape index (κ3) is 8.46. The Hall–Kier alpha value is 0.359. The van der Waals surface area contributed by atoms with E-state index in [9.17, 15) is 0 Å². The second-order valence-electron chi connectivity index (χ2n) is 5.64. The molecule has 0 atom stereocenters. The minimum atomic E-state index is -2.08. The molecule has 106 valence electrons. The van der Waals surface area contributed by atoms with Crippen LogP contribution in [0.15, 0.2) is 0 Å². The molecule has 0 unspecified atom stereocenters. The molecule has 0 aliphatic heterocycles. The molecule has 1 heteroatoms. The van der Waals surface area contributed by atoms with Crippen LogP contribution in [0.3, 0.4) is 0 Å². The van der Waals surface area contributed by atoms with E-state index in [2.05, 4.69) is 37.6 Å². The molecule has 0 aliphatic carbocycles. The standard InChI is InChI=1S/C5H7.3C4H9.Sn/c1-3-5-4-2;3*1-3-4-2;/h3,5H2,1H3;3*1,3-4H2,2H3;. The number of unbranched alkanes of at least 4 members (excludes halogenated alkanes) is 4. The molecule has 0 amide bonds. The Balaban J connectivity index is 4.69. The molecule has 0 radical (unpaired) electrons. The van der Waals surface area contributed by atoms with E-state index in [0.717, 1.165) is 6.42 Å². The van der Waals surface area contributed by atoms with Crippen molar-refractivity contribution in [3.05, 3.63) is 0 Å². The molecule has 0 bridgehead atoms. The van der Waals surface area contributed by atoms with Gasteiger partial charge in [0.05, 0.1) is 0 Å². The SMILES string of the molecule is CCCC#[C][Sn]([CH2]CCC)([CH2]CCC)[CH2]CCC. The van der Waals surface area contributed by atoms with E-state index in [1.807, 2.05) is 0 Å². The third-order valence-corrected chi connectivity index (χ3v) is 17.0. The van der Waals surface area contributed by atoms with Gasteiger partial charge in [0, 0.05) is 0 Å². The first kappa shape index (κ1) is 18.4. The van der Waals surface area contributed by atoms with Gasteiger partial charge in [0.1, 0.15) is 0 Å². The van der Waals surface area contributed by atoms with Crippen molar-refractivity contribution in [2.75, 3.05) is 0 Å². The summed E-state index contributed by atoms with van der Waals surface area (Å²) in [4.78, 5) is 0. The zero-order chi connectivity index (χ0) is 13.7. The van der Waals surface area contributed by atoms with Crippen LogP contribution in [0.1, 0.15) is 79.1 Å². The van der Waals surface area contributed by atoms with Gasteiger partial charge in [-0.1, -0.05) is 0 Å². The molecule has 0 aromatic carbocycles. The van der Waals surface area contributed by atoms with E-state index < -0.39 is 18.4 Å². The molecule has 0 aromatic heterocycles. The van der Waals surface area contributed by atoms with E-state index in [1.54, 1.807) is 0 Å². The van der Waals surface area contributed by atoms with Gasteiger partial charge in [-0.15, -0.1) is 0 Å². The van der Waals surface area contributed by atoms with Crippen LogP contribution in [0.5, 0.6) is 0 Å². The predicted molar refractivity (Wildman–Crippen MR) is 87.6 cm³/mol. The van der Waals surface area contributed by atoms with Crippen molar-refractivity contribution in [1.29, 1.82) is 0 Å². The van der Waals surface area contributed by atoms with Gasteiger partial charge in [-0.05, 0) is 0 Å². The van der Waals surface area contributed by atoms with Crippen LogP contribution in [0, 0.1) is 9.86 Å². The van der Waals surface area contributed by atoms with Crippen molar-refractivity contribution in [1.82, 2.24) is 0 Å². The molecule has 0 aromatic rings. The number of rotatable bonds is 10. The Morgan fingerprint density at radius 1 is 0.667 bits per heavy atom. The maximum absolute atomic E-state index is 3.90. The predicted octanol–water partition coefficient (Wildman–Crippen LogP) is 6.18. The Morgan fingerprint density at radius 2 is 1.11 bits per heavy atom. The van der Waals surface area contributed by atoms with Crippen LogP contribution in [0.2, 0.25) is 13.3 Å². The summed E-state index contributed by atoms with van der Waals surface area (Å²) in [6, 6.07) is 0. The van der Waals surface area contributed by atoms with E-state index in [4.69, 9.17) is 0 Å². The first-order chi connectivity index (χ1) is 8.74. The number of hydrogen-bond acceptors (Lipinski definition) is 0. The Morgan fingerprint density at radius 3 is 1.44 bits per heavy atom. The van der Waals surface area contributed by atoms with Crippen LogP contribution in [-0.4, -0.2) is 18.4 Å². The summed E-state index contributed by atoms with van der Waals surface area (Å²) in [5.74, 6) is 3.55. The molecule has 0 saturated heterocycles. The van der Waals surface area contributed by atoms with Gasteiger partial charge < -0.3 is 0 Å². The van der Waals surface area contributed by atoms with Gasteiger partial charge in [-0.3, -0.25) is 0 Å². The fourth-order valence-electron chi connectivity index (χ4n) is 2.48. The van der Waals surface area contributed by atoms with Crippen molar-refractivity contribution in [2.24, 2.45) is 0 Å². The summed E-state index contributed by atoms with van der Waals surface area (Å²) in [6.45, 7) is 9.23. The summed E-state index contributed by atoms with van der Waals surface area (Å²) in [5.41, 5.74) is 0. The first-order valence-corrected chi connectivity index (χ1v) is 15.7. The summed E-state index contributed by atoms with van der Waals surface area (Å²) in [5, 5.41) is 0. The molecule has 0 spiro atoms. The zero-order valence-electron chi connectivity index (χ0n) is 13.3. The van der Waals surface area contributed by atoms with Gasteiger partial charge in [0.2, 0.25) is 0 Å². The second kappa shape index (κ2) is 12.4. The Labute approximate surface area is 120 Å². The average Bonchev–Trinajstić information content (AvgIpc) is 2.40. The fourth-order valence-corrected chi connectivity index (χ4v) is 15.9. The molecule has 0 heterocycles. The summed E-state index contributed by atoms with van der Waals surface area (Å²) in [7, 11) is 0. The maximum atomic E-state index is 3.90. The van der Waals surface area contributed by atoms with Crippen LogP contribution in [0.4, 0.5) is 0 Å². The van der Waals surface area contributed by atoms with Gasteiger partial charge in [-0.25, -0.2) is 0 Å². The van der Waals surface area contributed by atoms with Crippen LogP contribution in [-0.2, 0) is 0 Å². The molecular formula is C17H34Sn. The van der Waals surface area contributed by atoms with Crippen LogP contribution in [0.25, 0.3) is 0 Å². The summed E-state index contributed by atoms with van der Waals surface area (Å²) >= 11 is -2.08. The molecule has 0 nitrogen and oxygen atoms in total. The quantitative estimate of drug-likeness (QED) is 0.324. The van der Waals surface area contributed by atoms with Crippen molar-refractivity contribution in [3.8, 4) is 9.86 Å². The molecule has 0 aliphatic rings. The fraction of sp³-hybridized carbons (Fsp3) is 0.882. The van der Waals surface area contributed by atoms with Crippen LogP contribution >= 0.6 is 0 Å². The molecule has 0 fully saturated rings. The molecule has 18 heavy (non-hydrogen) atoms. The molecule has 0 rings (SSSR count). The van der Waals surface area contributed by atoms with E-state index in [0.29, 0.717) is 0 Å². The third-order valence-electron chi connectivity index (χ3n) is 3.76. The van der Waals surface area contributed by atoms with E-state index in [1.165, 1.54) is 58.3 Å². The van der Waals surface area contributed by atoms with Gasteiger partial charge in [-0.2, -0.15) is 0 Å². The summed E-state index contributed by atoms with van der Waals surface area (Å²) in [6.07, 6.45) is 10.7. The normalized spacial score (nSPS) is 11.1. The van der Waals surface area contributed by atoms with Crippen molar-refractivity contribution in [3.63, 3.8) is 0 Å². The monoisotopic (exact) mass is 358 g/mol. The van der Waals surface area contributed by atoms with Gasteiger partial charge in [0.15, 0.2) is 0 Å². The Kier molecular flexibility index (Phi) is 12.6. The second-order valence-corrected chi connectivity index (χ2v) is 17.9. The molecule has 0 N–H and O–H groups in total. The van der Waals surface area contributed by atoms with Crippen molar-refractivity contribution < 1.29 is 0 Å². The number of hydrogen-bond donors (Lipinski definition) is 0. The zero-order valence-corrected chi connectivity index (χ0v) is 16.1. The topological polar surface area (TPSA) is 0 Å². The molecular weight excluding hydrogens is 323 g/mol.